The number of fused-ring (bicyclic) bond motifs is 1. The van der Waals surface area contributed by atoms with Gasteiger partial charge in [-0.2, -0.15) is 0 Å². The third kappa shape index (κ3) is 1.59. The van der Waals surface area contributed by atoms with E-state index < -0.39 is 0 Å². The minimum absolute atomic E-state index is 0.0363. The summed E-state index contributed by atoms with van der Waals surface area (Å²) < 4.78 is 0. The van der Waals surface area contributed by atoms with Gasteiger partial charge in [-0.3, -0.25) is 9.69 Å². The maximum absolute atomic E-state index is 11.7. The van der Waals surface area contributed by atoms with Crippen LogP contribution in [-0.2, 0) is 4.79 Å². The molecule has 2 heterocycles. The van der Waals surface area contributed by atoms with Crippen molar-refractivity contribution < 1.29 is 4.79 Å². The highest BCUT2D eigenvalue weighted by Crippen LogP contribution is 2.23. The van der Waals surface area contributed by atoms with Crippen molar-refractivity contribution in [2.45, 2.75) is 19.4 Å². The number of aryl methyl sites for hydroxylation is 1. The number of aromatic amines is 1. The number of nitrogens with zero attached hydrogens (tertiary/aromatic N) is 2. The van der Waals surface area contributed by atoms with Gasteiger partial charge in [0.1, 0.15) is 0 Å². The first-order valence-corrected chi connectivity index (χ1v) is 5.66. The number of carbonyl (C=O) groups excluding carboxylic acids is 1. The van der Waals surface area contributed by atoms with Crippen molar-refractivity contribution in [2.75, 3.05) is 11.4 Å². The highest BCUT2D eigenvalue weighted by atomic mass is 16.2. The topological polar surface area (TPSA) is 75.0 Å². The summed E-state index contributed by atoms with van der Waals surface area (Å²) in [5.41, 5.74) is 8.74. The van der Waals surface area contributed by atoms with Crippen LogP contribution in [-0.4, -0.2) is 28.5 Å². The monoisotopic (exact) mass is 230 g/mol. The fourth-order valence-electron chi connectivity index (χ4n) is 2.23. The third-order valence-electron chi connectivity index (χ3n) is 3.11. The van der Waals surface area contributed by atoms with Crippen LogP contribution in [0.4, 0.5) is 5.95 Å². The molecule has 1 fully saturated rings. The minimum Gasteiger partial charge on any atom is -0.326 e. The Balaban J connectivity index is 2.07. The summed E-state index contributed by atoms with van der Waals surface area (Å²) in [5, 5.41) is 0. The van der Waals surface area contributed by atoms with Crippen molar-refractivity contribution in [3.8, 4) is 0 Å². The predicted octanol–water partition coefficient (Wildman–Crippen LogP) is 0.935. The van der Waals surface area contributed by atoms with Crippen molar-refractivity contribution in [2.24, 2.45) is 5.73 Å². The number of rotatable bonds is 1. The van der Waals surface area contributed by atoms with Gasteiger partial charge in [0.05, 0.1) is 11.0 Å². The molecule has 88 valence electrons. The molecule has 1 amide bonds. The third-order valence-corrected chi connectivity index (χ3v) is 3.11. The number of carbonyl (C=O) groups is 1. The molecule has 0 saturated carbocycles. The first-order chi connectivity index (χ1) is 8.15. The van der Waals surface area contributed by atoms with E-state index in [4.69, 9.17) is 5.73 Å². The molecule has 5 nitrogen and oxygen atoms in total. The number of hydrogen-bond donors (Lipinski definition) is 2. The molecule has 0 radical (unpaired) electrons. The predicted molar refractivity (Wildman–Crippen MR) is 65.8 cm³/mol. The molecule has 1 aliphatic heterocycles. The fourth-order valence-corrected chi connectivity index (χ4v) is 2.23. The molecular weight excluding hydrogens is 216 g/mol. The summed E-state index contributed by atoms with van der Waals surface area (Å²) in [6.07, 6.45) is 0.399. The molecule has 17 heavy (non-hydrogen) atoms. The van der Waals surface area contributed by atoms with E-state index in [0.29, 0.717) is 18.9 Å². The lowest BCUT2D eigenvalue weighted by atomic mass is 10.2. The lowest BCUT2D eigenvalue weighted by Gasteiger charge is -2.11. The largest absolute Gasteiger partial charge is 0.326 e. The summed E-state index contributed by atoms with van der Waals surface area (Å²) in [7, 11) is 0. The Morgan fingerprint density at radius 2 is 2.35 bits per heavy atom. The van der Waals surface area contributed by atoms with Gasteiger partial charge in [-0.15, -0.1) is 0 Å². The molecule has 1 saturated heterocycles. The average molecular weight is 230 g/mol. The van der Waals surface area contributed by atoms with Crippen LogP contribution >= 0.6 is 0 Å². The molecule has 0 aliphatic carbocycles. The normalized spacial score (nSPS) is 20.5. The van der Waals surface area contributed by atoms with E-state index in [1.54, 1.807) is 4.90 Å². The number of para-hydroxylation sites is 1. The summed E-state index contributed by atoms with van der Waals surface area (Å²) in [6, 6.07) is 5.85. The zero-order valence-corrected chi connectivity index (χ0v) is 9.60. The van der Waals surface area contributed by atoms with Crippen molar-refractivity contribution in [3.05, 3.63) is 23.8 Å². The molecule has 0 spiro atoms. The number of nitrogens with two attached hydrogens (primary N) is 1. The Labute approximate surface area is 98.6 Å². The number of imidazole rings is 1. The highest BCUT2D eigenvalue weighted by Gasteiger charge is 2.30. The number of nitrogens with one attached hydrogen (secondary N) is 1. The van der Waals surface area contributed by atoms with E-state index in [0.717, 1.165) is 16.6 Å². The standard InChI is InChI=1S/C12H14N4O/c1-7-3-2-4-9-11(7)15-12(14-9)16-6-8(13)5-10(16)17/h2-4,8H,5-6,13H2,1H3,(H,14,15). The van der Waals surface area contributed by atoms with Gasteiger partial charge in [0, 0.05) is 19.0 Å². The molecule has 3 N–H and O–H groups in total. The van der Waals surface area contributed by atoms with Crippen molar-refractivity contribution >= 4 is 22.9 Å². The number of H-pyrrole nitrogens is 1. The smallest absolute Gasteiger partial charge is 0.230 e. The van der Waals surface area contributed by atoms with Gasteiger partial charge >= 0.3 is 0 Å². The quantitative estimate of drug-likeness (QED) is 0.765. The zero-order valence-electron chi connectivity index (χ0n) is 9.60. The molecule has 1 aliphatic rings. The fraction of sp³-hybridized carbons (Fsp3) is 0.333. The van der Waals surface area contributed by atoms with Crippen LogP contribution in [0.5, 0.6) is 0 Å². The minimum atomic E-state index is -0.0863. The van der Waals surface area contributed by atoms with Gasteiger partial charge in [0.15, 0.2) is 0 Å². The zero-order chi connectivity index (χ0) is 12.0. The summed E-state index contributed by atoms with van der Waals surface area (Å²) in [5.74, 6) is 0.640. The van der Waals surface area contributed by atoms with Crippen LogP contribution in [0, 0.1) is 6.92 Å². The number of anilines is 1. The number of aromatic nitrogens is 2. The number of hydrogen-bond acceptors (Lipinski definition) is 3. The van der Waals surface area contributed by atoms with E-state index in [-0.39, 0.29) is 11.9 Å². The molecule has 3 rings (SSSR count). The van der Waals surface area contributed by atoms with Crippen molar-refractivity contribution in [1.82, 2.24) is 9.97 Å². The molecule has 1 aromatic carbocycles. The van der Waals surface area contributed by atoms with E-state index in [1.165, 1.54) is 0 Å². The van der Waals surface area contributed by atoms with Crippen LogP contribution in [0.25, 0.3) is 11.0 Å². The van der Waals surface area contributed by atoms with E-state index >= 15 is 0 Å². The van der Waals surface area contributed by atoms with Gasteiger partial charge in [0.25, 0.3) is 0 Å². The highest BCUT2D eigenvalue weighted by molar-refractivity contribution is 5.96. The second-order valence-electron chi connectivity index (χ2n) is 4.50. The van der Waals surface area contributed by atoms with Gasteiger partial charge in [-0.1, -0.05) is 12.1 Å². The Morgan fingerprint density at radius 1 is 1.53 bits per heavy atom. The van der Waals surface area contributed by atoms with Crippen LogP contribution in [0.15, 0.2) is 18.2 Å². The SMILES string of the molecule is Cc1cccc2[nH]c(N3CC(N)CC3=O)nc12. The summed E-state index contributed by atoms with van der Waals surface area (Å²) in [4.78, 5) is 21.0. The number of amides is 1. The van der Waals surface area contributed by atoms with E-state index in [1.807, 2.05) is 25.1 Å². The lowest BCUT2D eigenvalue weighted by molar-refractivity contribution is -0.117. The molecular formula is C12H14N4O. The van der Waals surface area contributed by atoms with Crippen LogP contribution in [0.1, 0.15) is 12.0 Å². The molecule has 0 bridgehead atoms. The first kappa shape index (κ1) is 10.3. The molecule has 1 atom stereocenters. The Morgan fingerprint density at radius 3 is 3.00 bits per heavy atom. The second kappa shape index (κ2) is 3.56. The first-order valence-electron chi connectivity index (χ1n) is 5.66. The van der Waals surface area contributed by atoms with Crippen molar-refractivity contribution in [3.63, 3.8) is 0 Å². The van der Waals surface area contributed by atoms with Crippen LogP contribution in [0.3, 0.4) is 0 Å². The van der Waals surface area contributed by atoms with Crippen molar-refractivity contribution in [1.29, 1.82) is 0 Å². The van der Waals surface area contributed by atoms with Gasteiger partial charge in [-0.25, -0.2) is 4.98 Å². The van der Waals surface area contributed by atoms with E-state index in [9.17, 15) is 4.79 Å². The van der Waals surface area contributed by atoms with Gasteiger partial charge in [-0.05, 0) is 18.6 Å². The van der Waals surface area contributed by atoms with Gasteiger partial charge < -0.3 is 10.7 Å². The Hall–Kier alpha value is -1.88. The second-order valence-corrected chi connectivity index (χ2v) is 4.50. The summed E-state index contributed by atoms with van der Waals surface area (Å²) >= 11 is 0. The molecule has 1 unspecified atom stereocenters. The van der Waals surface area contributed by atoms with E-state index in [2.05, 4.69) is 9.97 Å². The van der Waals surface area contributed by atoms with Gasteiger partial charge in [0.2, 0.25) is 11.9 Å². The maximum atomic E-state index is 11.7. The molecule has 5 heteroatoms. The maximum Gasteiger partial charge on any atom is 0.230 e. The Bertz CT molecular complexity index is 589. The number of benzene rings is 1. The molecule has 2 aromatic rings. The average Bonchev–Trinajstić information content (AvgIpc) is 2.82. The van der Waals surface area contributed by atoms with Crippen LogP contribution in [0.2, 0.25) is 0 Å². The summed E-state index contributed by atoms with van der Waals surface area (Å²) in [6.45, 7) is 2.54. The molecule has 1 aromatic heterocycles. The lowest BCUT2D eigenvalue weighted by Crippen LogP contribution is -2.28. The van der Waals surface area contributed by atoms with Crippen LogP contribution < -0.4 is 10.6 Å². The Kier molecular flexibility index (Phi) is 2.16.